The van der Waals surface area contributed by atoms with Crippen molar-refractivity contribution < 1.29 is 4.39 Å². The Hall–Kier alpha value is -1.97. The lowest BCUT2D eigenvalue weighted by Crippen LogP contribution is -2.06. The van der Waals surface area contributed by atoms with Crippen molar-refractivity contribution in [2.45, 2.75) is 26.7 Å². The molecule has 0 saturated heterocycles. The van der Waals surface area contributed by atoms with Gasteiger partial charge in [-0.25, -0.2) is 14.4 Å². The highest BCUT2D eigenvalue weighted by Gasteiger charge is 2.11. The molecule has 100 valence electrons. The minimum atomic E-state index is -0.265. The molecule has 0 amide bonds. The number of benzene rings is 1. The van der Waals surface area contributed by atoms with Crippen LogP contribution in [-0.4, -0.2) is 16.5 Å². The van der Waals surface area contributed by atoms with Crippen molar-refractivity contribution in [1.82, 2.24) is 9.97 Å². The van der Waals surface area contributed by atoms with Gasteiger partial charge in [0.05, 0.1) is 5.69 Å². The molecule has 0 unspecified atom stereocenters. The van der Waals surface area contributed by atoms with Gasteiger partial charge in [-0.05, 0) is 19.1 Å². The van der Waals surface area contributed by atoms with Crippen LogP contribution in [0, 0.1) is 5.82 Å². The second kappa shape index (κ2) is 5.78. The van der Waals surface area contributed by atoms with E-state index in [1.807, 2.05) is 26.8 Å². The van der Waals surface area contributed by atoms with E-state index in [-0.39, 0.29) is 11.7 Å². The third kappa shape index (κ3) is 3.08. The van der Waals surface area contributed by atoms with E-state index in [4.69, 9.17) is 0 Å². The number of aromatic nitrogens is 2. The molecule has 4 heteroatoms. The van der Waals surface area contributed by atoms with Gasteiger partial charge in [0, 0.05) is 24.1 Å². The summed E-state index contributed by atoms with van der Waals surface area (Å²) < 4.78 is 13.8. The van der Waals surface area contributed by atoms with Crippen LogP contribution < -0.4 is 5.32 Å². The van der Waals surface area contributed by atoms with Gasteiger partial charge in [0.2, 0.25) is 0 Å². The molecule has 0 aliphatic heterocycles. The van der Waals surface area contributed by atoms with Gasteiger partial charge in [0.25, 0.3) is 0 Å². The molecular formula is C15H18FN3. The van der Waals surface area contributed by atoms with Crippen molar-refractivity contribution in [3.8, 4) is 11.3 Å². The molecule has 2 rings (SSSR count). The van der Waals surface area contributed by atoms with Crippen LogP contribution in [0.15, 0.2) is 30.3 Å². The first-order valence-electron chi connectivity index (χ1n) is 6.49. The first-order valence-corrected chi connectivity index (χ1v) is 6.49. The number of nitrogens with zero attached hydrogens (tertiary/aromatic N) is 2. The quantitative estimate of drug-likeness (QED) is 0.906. The molecule has 1 N–H and O–H groups in total. The zero-order chi connectivity index (χ0) is 13.8. The van der Waals surface area contributed by atoms with Crippen LogP contribution in [0.2, 0.25) is 0 Å². The molecule has 0 radical (unpaired) electrons. The van der Waals surface area contributed by atoms with Crippen LogP contribution in [-0.2, 0) is 0 Å². The fourth-order valence-electron chi connectivity index (χ4n) is 1.80. The Kier molecular flexibility index (Phi) is 4.10. The van der Waals surface area contributed by atoms with Gasteiger partial charge in [0.15, 0.2) is 0 Å². The molecular weight excluding hydrogens is 241 g/mol. The Morgan fingerprint density at radius 2 is 1.95 bits per heavy atom. The highest BCUT2D eigenvalue weighted by Crippen LogP contribution is 2.24. The van der Waals surface area contributed by atoms with Crippen LogP contribution in [0.1, 0.15) is 32.5 Å². The van der Waals surface area contributed by atoms with Crippen LogP contribution in [0.3, 0.4) is 0 Å². The van der Waals surface area contributed by atoms with Crippen molar-refractivity contribution in [3.05, 3.63) is 42.0 Å². The number of rotatable bonds is 4. The monoisotopic (exact) mass is 259 g/mol. The summed E-state index contributed by atoms with van der Waals surface area (Å²) in [5.41, 5.74) is 1.12. The Morgan fingerprint density at radius 3 is 2.58 bits per heavy atom. The molecule has 1 heterocycles. The molecule has 0 atom stereocenters. The normalized spacial score (nSPS) is 10.8. The number of anilines is 1. The molecule has 0 spiro atoms. The van der Waals surface area contributed by atoms with Gasteiger partial charge in [-0.15, -0.1) is 0 Å². The number of hydrogen-bond donors (Lipinski definition) is 1. The summed E-state index contributed by atoms with van der Waals surface area (Å²) in [6, 6.07) is 8.45. The summed E-state index contributed by atoms with van der Waals surface area (Å²) in [6.45, 7) is 6.82. The van der Waals surface area contributed by atoms with Crippen molar-refractivity contribution in [3.63, 3.8) is 0 Å². The van der Waals surface area contributed by atoms with Crippen LogP contribution in [0.25, 0.3) is 11.3 Å². The Morgan fingerprint density at radius 1 is 1.21 bits per heavy atom. The summed E-state index contributed by atoms with van der Waals surface area (Å²) in [7, 11) is 0. The lowest BCUT2D eigenvalue weighted by Gasteiger charge is -2.11. The maximum atomic E-state index is 13.8. The standard InChI is InChI=1S/C15H18FN3/c1-4-17-14-9-13(18-15(19-14)10(2)3)11-7-5-6-8-12(11)16/h5-10H,4H2,1-3H3,(H,17,18,19). The first-order chi connectivity index (χ1) is 9.11. The highest BCUT2D eigenvalue weighted by molar-refractivity contribution is 5.63. The molecule has 3 nitrogen and oxygen atoms in total. The van der Waals surface area contributed by atoms with Gasteiger partial charge in [-0.1, -0.05) is 26.0 Å². The third-order valence-corrected chi connectivity index (χ3v) is 2.77. The highest BCUT2D eigenvalue weighted by atomic mass is 19.1. The van der Waals surface area contributed by atoms with E-state index >= 15 is 0 Å². The number of halogens is 1. The average Bonchev–Trinajstić information content (AvgIpc) is 2.39. The zero-order valence-corrected chi connectivity index (χ0v) is 11.4. The van der Waals surface area contributed by atoms with Gasteiger partial charge in [-0.2, -0.15) is 0 Å². The molecule has 0 saturated carbocycles. The van der Waals surface area contributed by atoms with E-state index in [1.165, 1.54) is 6.07 Å². The number of nitrogens with one attached hydrogen (secondary N) is 1. The summed E-state index contributed by atoms with van der Waals surface area (Å²) in [5.74, 6) is 1.39. The summed E-state index contributed by atoms with van der Waals surface area (Å²) >= 11 is 0. The summed E-state index contributed by atoms with van der Waals surface area (Å²) in [6.07, 6.45) is 0. The molecule has 1 aromatic carbocycles. The fourth-order valence-corrected chi connectivity index (χ4v) is 1.80. The predicted molar refractivity (Wildman–Crippen MR) is 75.7 cm³/mol. The minimum absolute atomic E-state index is 0.198. The molecule has 0 bridgehead atoms. The minimum Gasteiger partial charge on any atom is -0.370 e. The van der Waals surface area contributed by atoms with E-state index < -0.39 is 0 Å². The number of hydrogen-bond acceptors (Lipinski definition) is 3. The van der Waals surface area contributed by atoms with Gasteiger partial charge >= 0.3 is 0 Å². The summed E-state index contributed by atoms with van der Waals surface area (Å²) in [4.78, 5) is 8.89. The van der Waals surface area contributed by atoms with E-state index in [1.54, 1.807) is 18.2 Å². The van der Waals surface area contributed by atoms with Crippen LogP contribution >= 0.6 is 0 Å². The Balaban J connectivity index is 2.53. The maximum absolute atomic E-state index is 13.8. The van der Waals surface area contributed by atoms with Crippen molar-refractivity contribution in [2.24, 2.45) is 0 Å². The topological polar surface area (TPSA) is 37.8 Å². The zero-order valence-electron chi connectivity index (χ0n) is 11.4. The molecule has 1 aromatic heterocycles. The van der Waals surface area contributed by atoms with Crippen LogP contribution in [0.5, 0.6) is 0 Å². The van der Waals surface area contributed by atoms with Crippen molar-refractivity contribution in [1.29, 1.82) is 0 Å². The first kappa shape index (κ1) is 13.5. The van der Waals surface area contributed by atoms with Gasteiger partial charge in [0.1, 0.15) is 17.5 Å². The second-order valence-electron chi connectivity index (χ2n) is 4.66. The summed E-state index contributed by atoms with van der Waals surface area (Å²) in [5, 5.41) is 3.16. The predicted octanol–water partition coefficient (Wildman–Crippen LogP) is 3.84. The average molecular weight is 259 g/mol. The Bertz CT molecular complexity index is 567. The molecule has 0 fully saturated rings. The molecule has 2 aromatic rings. The largest absolute Gasteiger partial charge is 0.370 e. The van der Waals surface area contributed by atoms with E-state index in [0.717, 1.165) is 18.2 Å². The van der Waals surface area contributed by atoms with Crippen molar-refractivity contribution >= 4 is 5.82 Å². The van der Waals surface area contributed by atoms with Gasteiger partial charge < -0.3 is 5.32 Å². The SMILES string of the molecule is CCNc1cc(-c2ccccc2F)nc(C(C)C)n1. The smallest absolute Gasteiger partial charge is 0.133 e. The molecule has 19 heavy (non-hydrogen) atoms. The fraction of sp³-hybridized carbons (Fsp3) is 0.333. The van der Waals surface area contributed by atoms with E-state index in [9.17, 15) is 4.39 Å². The van der Waals surface area contributed by atoms with E-state index in [0.29, 0.717) is 11.3 Å². The van der Waals surface area contributed by atoms with E-state index in [2.05, 4.69) is 15.3 Å². The Labute approximate surface area is 112 Å². The van der Waals surface area contributed by atoms with Gasteiger partial charge in [-0.3, -0.25) is 0 Å². The van der Waals surface area contributed by atoms with Crippen molar-refractivity contribution in [2.75, 3.05) is 11.9 Å². The molecule has 0 aliphatic rings. The lowest BCUT2D eigenvalue weighted by atomic mass is 10.1. The molecule has 0 aliphatic carbocycles. The van der Waals surface area contributed by atoms with Crippen LogP contribution in [0.4, 0.5) is 10.2 Å². The second-order valence-corrected chi connectivity index (χ2v) is 4.66. The third-order valence-electron chi connectivity index (χ3n) is 2.77. The lowest BCUT2D eigenvalue weighted by molar-refractivity contribution is 0.630. The maximum Gasteiger partial charge on any atom is 0.133 e.